The van der Waals surface area contributed by atoms with E-state index in [0.717, 1.165) is 30.0 Å². The number of benzene rings is 1. The van der Waals surface area contributed by atoms with Gasteiger partial charge in [-0.05, 0) is 24.8 Å². The molecule has 2 aromatic rings. The van der Waals surface area contributed by atoms with Gasteiger partial charge in [-0.2, -0.15) is 0 Å². The van der Waals surface area contributed by atoms with Crippen LogP contribution in [0.1, 0.15) is 17.2 Å². The first-order valence-corrected chi connectivity index (χ1v) is 6.36. The van der Waals surface area contributed by atoms with E-state index < -0.39 is 0 Å². The predicted octanol–water partition coefficient (Wildman–Crippen LogP) is 3.01. The molecule has 0 unspecified atom stereocenters. The summed E-state index contributed by atoms with van der Waals surface area (Å²) in [4.78, 5) is 8.99. The molecule has 0 amide bonds. The van der Waals surface area contributed by atoms with Crippen LogP contribution < -0.4 is 0 Å². The first kappa shape index (κ1) is 11.6. The van der Waals surface area contributed by atoms with Gasteiger partial charge in [-0.3, -0.25) is 9.97 Å². The first-order chi connectivity index (χ1) is 8.74. The zero-order chi connectivity index (χ0) is 12.5. The molecule has 1 fully saturated rings. The number of hydrogen-bond acceptors (Lipinski definition) is 3. The van der Waals surface area contributed by atoms with Crippen LogP contribution in [0.3, 0.4) is 0 Å². The fraction of sp³-hybridized carbons (Fsp3) is 0.286. The van der Waals surface area contributed by atoms with Crippen LogP contribution in [0, 0.1) is 6.92 Å². The molecule has 0 saturated carbocycles. The topological polar surface area (TPSA) is 29.0 Å². The Bertz CT molecular complexity index is 564. The standard InChI is InChI=1S/C14H14ClN3/c1-10-3-2-4-11(7-10)13-14(17-6-5-16-13)12-8-18(15)9-12/h2-7,12H,8-9H2,1H3. The maximum absolute atomic E-state index is 5.90. The second-order valence-corrected chi connectivity index (χ2v) is 5.16. The zero-order valence-electron chi connectivity index (χ0n) is 10.2. The molecule has 3 nitrogen and oxygen atoms in total. The van der Waals surface area contributed by atoms with Crippen molar-refractivity contribution in [1.29, 1.82) is 0 Å². The summed E-state index contributed by atoms with van der Waals surface area (Å²) in [6.07, 6.45) is 3.50. The van der Waals surface area contributed by atoms with E-state index in [2.05, 4.69) is 41.2 Å². The van der Waals surface area contributed by atoms with Crippen LogP contribution >= 0.6 is 11.8 Å². The molecule has 1 aliphatic heterocycles. The van der Waals surface area contributed by atoms with E-state index in [1.807, 2.05) is 0 Å². The SMILES string of the molecule is Cc1cccc(-c2nccnc2C2CN(Cl)C2)c1. The van der Waals surface area contributed by atoms with Crippen molar-refractivity contribution in [2.75, 3.05) is 13.1 Å². The summed E-state index contributed by atoms with van der Waals surface area (Å²) in [6.45, 7) is 3.78. The van der Waals surface area contributed by atoms with Crippen molar-refractivity contribution < 1.29 is 0 Å². The summed E-state index contributed by atoms with van der Waals surface area (Å²) >= 11 is 5.90. The Kier molecular flexibility index (Phi) is 3.02. The smallest absolute Gasteiger partial charge is 0.0921 e. The van der Waals surface area contributed by atoms with Crippen LogP contribution in [-0.2, 0) is 0 Å². The molecule has 0 radical (unpaired) electrons. The van der Waals surface area contributed by atoms with Gasteiger partial charge in [0.05, 0.1) is 11.4 Å². The molecule has 0 bridgehead atoms. The highest BCUT2D eigenvalue weighted by molar-refractivity contribution is 6.13. The Morgan fingerprint density at radius 2 is 2.00 bits per heavy atom. The lowest BCUT2D eigenvalue weighted by atomic mass is 9.94. The van der Waals surface area contributed by atoms with E-state index in [4.69, 9.17) is 11.8 Å². The summed E-state index contributed by atoms with van der Waals surface area (Å²) in [5.41, 5.74) is 4.40. The van der Waals surface area contributed by atoms with Crippen LogP contribution in [0.2, 0.25) is 0 Å². The molecule has 0 spiro atoms. The van der Waals surface area contributed by atoms with Gasteiger partial charge in [-0.15, -0.1) is 0 Å². The monoisotopic (exact) mass is 259 g/mol. The zero-order valence-corrected chi connectivity index (χ0v) is 10.9. The molecule has 1 aromatic carbocycles. The number of hydrogen-bond donors (Lipinski definition) is 0. The van der Waals surface area contributed by atoms with E-state index in [9.17, 15) is 0 Å². The van der Waals surface area contributed by atoms with Gasteiger partial charge in [0.2, 0.25) is 0 Å². The maximum atomic E-state index is 5.90. The number of aromatic nitrogens is 2. The summed E-state index contributed by atoms with van der Waals surface area (Å²) in [5.74, 6) is 0.395. The third-order valence-electron chi connectivity index (χ3n) is 3.24. The van der Waals surface area contributed by atoms with Gasteiger partial charge in [0.25, 0.3) is 0 Å². The molecular weight excluding hydrogens is 246 g/mol. The summed E-state index contributed by atoms with van der Waals surface area (Å²) < 4.78 is 1.78. The molecule has 1 aliphatic rings. The second kappa shape index (κ2) is 4.67. The molecule has 2 heterocycles. The van der Waals surface area contributed by atoms with Crippen molar-refractivity contribution in [2.45, 2.75) is 12.8 Å². The number of rotatable bonds is 2. The van der Waals surface area contributed by atoms with Gasteiger partial charge < -0.3 is 0 Å². The van der Waals surface area contributed by atoms with E-state index in [0.29, 0.717) is 5.92 Å². The highest BCUT2D eigenvalue weighted by Crippen LogP contribution is 2.32. The maximum Gasteiger partial charge on any atom is 0.0921 e. The van der Waals surface area contributed by atoms with Crippen molar-refractivity contribution in [3.8, 4) is 11.3 Å². The summed E-state index contributed by atoms with van der Waals surface area (Å²) in [6, 6.07) is 8.36. The summed E-state index contributed by atoms with van der Waals surface area (Å²) in [7, 11) is 0. The van der Waals surface area contributed by atoms with Gasteiger partial charge in [-0.1, -0.05) is 23.8 Å². The molecule has 92 valence electrons. The Morgan fingerprint density at radius 3 is 2.72 bits per heavy atom. The number of halogens is 1. The third-order valence-corrected chi connectivity index (χ3v) is 3.52. The third kappa shape index (κ3) is 2.11. The molecule has 3 rings (SSSR count). The Labute approximate surface area is 112 Å². The fourth-order valence-electron chi connectivity index (χ4n) is 2.26. The van der Waals surface area contributed by atoms with E-state index in [1.54, 1.807) is 16.8 Å². The van der Waals surface area contributed by atoms with E-state index in [-0.39, 0.29) is 0 Å². The van der Waals surface area contributed by atoms with Gasteiger partial charge in [0.15, 0.2) is 0 Å². The van der Waals surface area contributed by atoms with Gasteiger partial charge in [0, 0.05) is 37.0 Å². The number of aryl methyl sites for hydroxylation is 1. The molecule has 1 saturated heterocycles. The van der Waals surface area contributed by atoms with Crippen molar-refractivity contribution in [3.63, 3.8) is 0 Å². The molecule has 18 heavy (non-hydrogen) atoms. The minimum Gasteiger partial charge on any atom is -0.257 e. The van der Waals surface area contributed by atoms with Crippen molar-refractivity contribution in [3.05, 3.63) is 47.9 Å². The van der Waals surface area contributed by atoms with Crippen molar-refractivity contribution in [2.24, 2.45) is 0 Å². The van der Waals surface area contributed by atoms with Crippen molar-refractivity contribution in [1.82, 2.24) is 14.4 Å². The highest BCUT2D eigenvalue weighted by atomic mass is 35.5. The van der Waals surface area contributed by atoms with Crippen LogP contribution in [0.5, 0.6) is 0 Å². The lowest BCUT2D eigenvalue weighted by Gasteiger charge is -2.33. The average molecular weight is 260 g/mol. The Balaban J connectivity index is 2.01. The molecular formula is C14H14ClN3. The van der Waals surface area contributed by atoms with Crippen molar-refractivity contribution >= 4 is 11.8 Å². The lowest BCUT2D eigenvalue weighted by Crippen LogP contribution is -2.38. The van der Waals surface area contributed by atoms with Crippen LogP contribution in [0.4, 0.5) is 0 Å². The highest BCUT2D eigenvalue weighted by Gasteiger charge is 2.30. The minimum absolute atomic E-state index is 0.395. The molecule has 0 atom stereocenters. The largest absolute Gasteiger partial charge is 0.257 e. The van der Waals surface area contributed by atoms with Gasteiger partial charge in [-0.25, -0.2) is 4.42 Å². The minimum atomic E-state index is 0.395. The van der Waals surface area contributed by atoms with E-state index in [1.165, 1.54) is 5.56 Å². The van der Waals surface area contributed by atoms with Gasteiger partial charge in [0.1, 0.15) is 0 Å². The lowest BCUT2D eigenvalue weighted by molar-refractivity contribution is 0.274. The summed E-state index contributed by atoms with van der Waals surface area (Å²) in [5, 5.41) is 0. The molecule has 0 aliphatic carbocycles. The quantitative estimate of drug-likeness (QED) is 0.777. The fourth-order valence-corrected chi connectivity index (χ4v) is 2.59. The Morgan fingerprint density at radius 1 is 1.22 bits per heavy atom. The van der Waals surface area contributed by atoms with Crippen LogP contribution in [0.25, 0.3) is 11.3 Å². The van der Waals surface area contributed by atoms with Crippen LogP contribution in [0.15, 0.2) is 36.7 Å². The van der Waals surface area contributed by atoms with E-state index >= 15 is 0 Å². The normalized spacial score (nSPS) is 16.6. The second-order valence-electron chi connectivity index (χ2n) is 4.68. The molecule has 4 heteroatoms. The molecule has 1 aromatic heterocycles. The van der Waals surface area contributed by atoms with Crippen LogP contribution in [-0.4, -0.2) is 27.5 Å². The average Bonchev–Trinajstić information content (AvgIpc) is 2.35. The Hall–Kier alpha value is -1.45. The first-order valence-electron chi connectivity index (χ1n) is 6.02. The predicted molar refractivity (Wildman–Crippen MR) is 72.4 cm³/mol. The van der Waals surface area contributed by atoms with Gasteiger partial charge >= 0.3 is 0 Å². The molecule has 0 N–H and O–H groups in total. The number of nitrogens with zero attached hydrogens (tertiary/aromatic N) is 3.